The van der Waals surface area contributed by atoms with E-state index >= 15 is 0 Å². The van der Waals surface area contributed by atoms with Gasteiger partial charge in [-0.05, 0) is 22.9 Å². The van der Waals surface area contributed by atoms with Crippen LogP contribution >= 0.6 is 0 Å². The first-order valence-corrected chi connectivity index (χ1v) is 8.35. The van der Waals surface area contributed by atoms with E-state index in [2.05, 4.69) is 33.2 Å². The highest BCUT2D eigenvalue weighted by Gasteiger charge is 2.16. The summed E-state index contributed by atoms with van der Waals surface area (Å²) < 4.78 is 1.93. The second-order valence-corrected chi connectivity index (χ2v) is 6.08. The van der Waals surface area contributed by atoms with Crippen LogP contribution < -0.4 is 5.73 Å². The van der Waals surface area contributed by atoms with Crippen LogP contribution in [0.15, 0.2) is 79.1 Å². The van der Waals surface area contributed by atoms with Crippen molar-refractivity contribution in [3.63, 3.8) is 0 Å². The first kappa shape index (κ1) is 14.6. The van der Waals surface area contributed by atoms with Crippen molar-refractivity contribution in [3.05, 3.63) is 79.1 Å². The van der Waals surface area contributed by atoms with Crippen molar-refractivity contribution < 1.29 is 0 Å². The summed E-state index contributed by atoms with van der Waals surface area (Å²) in [4.78, 5) is 13.6. The van der Waals surface area contributed by atoms with Gasteiger partial charge < -0.3 is 5.73 Å². The molecule has 5 aromatic rings. The van der Waals surface area contributed by atoms with Crippen LogP contribution in [0.2, 0.25) is 0 Å². The van der Waals surface area contributed by atoms with Crippen molar-refractivity contribution >= 4 is 27.9 Å². The molecule has 0 aliphatic carbocycles. The van der Waals surface area contributed by atoms with E-state index in [1.165, 1.54) is 0 Å². The fraction of sp³-hybridized carbons (Fsp3) is 0. The number of benzene rings is 3. The maximum atomic E-state index is 6.05. The van der Waals surface area contributed by atoms with Crippen molar-refractivity contribution in [1.29, 1.82) is 0 Å². The minimum atomic E-state index is 0.234. The molecule has 0 spiro atoms. The number of rotatable bonds is 2. The summed E-state index contributed by atoms with van der Waals surface area (Å²) in [5.74, 6) is 0.234. The third kappa shape index (κ3) is 2.22. The van der Waals surface area contributed by atoms with Crippen LogP contribution in [0.25, 0.3) is 38.9 Å². The highest BCUT2D eigenvalue weighted by molar-refractivity contribution is 6.01. The Kier molecular flexibility index (Phi) is 3.18. The molecule has 0 radical (unpaired) electrons. The molecule has 0 amide bonds. The second kappa shape index (κ2) is 5.67. The normalized spacial score (nSPS) is 11.2. The minimum Gasteiger partial charge on any atom is -0.368 e. The van der Waals surface area contributed by atoms with Crippen molar-refractivity contribution in [2.75, 3.05) is 5.73 Å². The lowest BCUT2D eigenvalue weighted by atomic mass is 10.0. The molecule has 0 fully saturated rings. The van der Waals surface area contributed by atoms with Gasteiger partial charge in [0.05, 0.1) is 0 Å². The Labute approximate surface area is 149 Å². The SMILES string of the molecule is Nc1nc(-c2cccc3ccccc23)c2ncn(-c3ccccc3)c2n1. The molecule has 3 aromatic carbocycles. The average molecular weight is 337 g/mol. The van der Waals surface area contributed by atoms with E-state index in [4.69, 9.17) is 5.73 Å². The van der Waals surface area contributed by atoms with Crippen LogP contribution in [0.3, 0.4) is 0 Å². The molecule has 2 aromatic heterocycles. The van der Waals surface area contributed by atoms with Gasteiger partial charge in [-0.25, -0.2) is 9.97 Å². The Morgan fingerprint density at radius 1 is 0.769 bits per heavy atom. The first-order valence-electron chi connectivity index (χ1n) is 8.35. The zero-order valence-corrected chi connectivity index (χ0v) is 13.9. The quantitative estimate of drug-likeness (QED) is 0.524. The van der Waals surface area contributed by atoms with E-state index in [0.717, 1.165) is 33.2 Å². The maximum absolute atomic E-state index is 6.05. The lowest BCUT2D eigenvalue weighted by Crippen LogP contribution is -2.01. The zero-order chi connectivity index (χ0) is 17.5. The molecule has 5 nitrogen and oxygen atoms in total. The summed E-state index contributed by atoms with van der Waals surface area (Å²) >= 11 is 0. The fourth-order valence-electron chi connectivity index (χ4n) is 3.31. The van der Waals surface area contributed by atoms with Crippen molar-refractivity contribution in [3.8, 4) is 16.9 Å². The monoisotopic (exact) mass is 337 g/mol. The van der Waals surface area contributed by atoms with Crippen molar-refractivity contribution in [2.24, 2.45) is 0 Å². The summed E-state index contributed by atoms with van der Waals surface area (Å²) in [5.41, 5.74) is 10.2. The molecule has 0 unspecified atom stereocenters. The standard InChI is InChI=1S/C21H15N5/c22-21-24-18(17-12-6-8-14-7-4-5-11-16(14)17)19-20(25-21)26(13-23-19)15-9-2-1-3-10-15/h1-13H,(H2,22,24,25). The number of nitrogen functional groups attached to an aromatic ring is 1. The molecular formula is C21H15N5. The highest BCUT2D eigenvalue weighted by atomic mass is 15.1. The molecule has 5 heteroatoms. The third-order valence-corrected chi connectivity index (χ3v) is 4.49. The Morgan fingerprint density at radius 2 is 1.54 bits per heavy atom. The molecule has 5 rings (SSSR count). The molecule has 2 heterocycles. The molecule has 2 N–H and O–H groups in total. The predicted molar refractivity (Wildman–Crippen MR) is 104 cm³/mol. The summed E-state index contributed by atoms with van der Waals surface area (Å²) in [6.07, 6.45) is 1.77. The fourth-order valence-corrected chi connectivity index (χ4v) is 3.31. The Bertz CT molecular complexity index is 1240. The van der Waals surface area contributed by atoms with Crippen LogP contribution in [0.5, 0.6) is 0 Å². The van der Waals surface area contributed by atoms with Gasteiger partial charge in [-0.1, -0.05) is 60.7 Å². The number of para-hydroxylation sites is 1. The van der Waals surface area contributed by atoms with Crippen molar-refractivity contribution in [1.82, 2.24) is 19.5 Å². The van der Waals surface area contributed by atoms with Gasteiger partial charge in [0.2, 0.25) is 5.95 Å². The lowest BCUT2D eigenvalue weighted by molar-refractivity contribution is 1.06. The van der Waals surface area contributed by atoms with E-state index in [9.17, 15) is 0 Å². The summed E-state index contributed by atoms with van der Waals surface area (Å²) in [5, 5.41) is 2.27. The van der Waals surface area contributed by atoms with E-state index in [0.29, 0.717) is 5.65 Å². The molecule has 124 valence electrons. The Morgan fingerprint density at radius 3 is 2.42 bits per heavy atom. The zero-order valence-electron chi connectivity index (χ0n) is 13.9. The van der Waals surface area contributed by atoms with Gasteiger partial charge in [0, 0.05) is 11.3 Å². The minimum absolute atomic E-state index is 0.234. The number of aromatic nitrogens is 4. The van der Waals surface area contributed by atoms with Gasteiger partial charge in [-0.15, -0.1) is 0 Å². The topological polar surface area (TPSA) is 69.6 Å². The van der Waals surface area contributed by atoms with Gasteiger partial charge in [-0.2, -0.15) is 4.98 Å². The number of fused-ring (bicyclic) bond motifs is 2. The number of nitrogens with zero attached hydrogens (tertiary/aromatic N) is 4. The highest BCUT2D eigenvalue weighted by Crippen LogP contribution is 2.32. The van der Waals surface area contributed by atoms with E-state index in [1.54, 1.807) is 6.33 Å². The number of anilines is 1. The molecule has 0 saturated heterocycles. The summed E-state index contributed by atoms with van der Waals surface area (Å²) in [6, 6.07) is 24.4. The van der Waals surface area contributed by atoms with Crippen LogP contribution in [0, 0.1) is 0 Å². The van der Waals surface area contributed by atoms with Crippen LogP contribution in [0.1, 0.15) is 0 Å². The summed E-state index contributed by atoms with van der Waals surface area (Å²) in [7, 11) is 0. The van der Waals surface area contributed by atoms with E-state index in [1.807, 2.05) is 59.2 Å². The molecule has 0 saturated carbocycles. The number of hydrogen-bond acceptors (Lipinski definition) is 4. The molecular weight excluding hydrogens is 322 g/mol. The molecule has 0 aliphatic rings. The largest absolute Gasteiger partial charge is 0.368 e. The summed E-state index contributed by atoms with van der Waals surface area (Å²) in [6.45, 7) is 0. The molecule has 0 bridgehead atoms. The van der Waals surface area contributed by atoms with E-state index < -0.39 is 0 Å². The molecule has 0 aliphatic heterocycles. The first-order chi connectivity index (χ1) is 12.8. The lowest BCUT2D eigenvalue weighted by Gasteiger charge is -2.08. The van der Waals surface area contributed by atoms with Gasteiger partial charge in [0.1, 0.15) is 17.5 Å². The van der Waals surface area contributed by atoms with Crippen LogP contribution in [0.4, 0.5) is 5.95 Å². The van der Waals surface area contributed by atoms with Gasteiger partial charge in [0.15, 0.2) is 5.65 Å². The van der Waals surface area contributed by atoms with Gasteiger partial charge >= 0.3 is 0 Å². The number of hydrogen-bond donors (Lipinski definition) is 1. The smallest absolute Gasteiger partial charge is 0.222 e. The Balaban J connectivity index is 1.83. The number of nitrogens with two attached hydrogens (primary N) is 1. The number of imidazole rings is 1. The van der Waals surface area contributed by atoms with Gasteiger partial charge in [-0.3, -0.25) is 4.57 Å². The van der Waals surface area contributed by atoms with Crippen molar-refractivity contribution in [2.45, 2.75) is 0 Å². The van der Waals surface area contributed by atoms with Crippen LogP contribution in [-0.2, 0) is 0 Å². The van der Waals surface area contributed by atoms with E-state index in [-0.39, 0.29) is 5.95 Å². The molecule has 0 atom stereocenters. The predicted octanol–water partition coefficient (Wildman–Crippen LogP) is 4.22. The van der Waals surface area contributed by atoms with Crippen LogP contribution in [-0.4, -0.2) is 19.5 Å². The third-order valence-electron chi connectivity index (χ3n) is 4.49. The second-order valence-electron chi connectivity index (χ2n) is 6.08. The average Bonchev–Trinajstić information content (AvgIpc) is 3.11. The molecule has 26 heavy (non-hydrogen) atoms. The van der Waals surface area contributed by atoms with Gasteiger partial charge in [0.25, 0.3) is 0 Å². The maximum Gasteiger partial charge on any atom is 0.222 e. The Hall–Kier alpha value is -3.73.